The second-order valence-corrected chi connectivity index (χ2v) is 13.3. The van der Waals surface area contributed by atoms with Gasteiger partial charge in [0.2, 0.25) is 0 Å². The second-order valence-electron chi connectivity index (χ2n) is 9.22. The average molecular weight is 538 g/mol. The molecule has 5 rings (SSSR count). The second kappa shape index (κ2) is 8.47. The number of anilines is 1. The van der Waals surface area contributed by atoms with Crippen LogP contribution in [-0.4, -0.2) is 0 Å². The van der Waals surface area contributed by atoms with E-state index in [0.29, 0.717) is 6.54 Å². The molecule has 0 saturated carbocycles. The van der Waals surface area contributed by atoms with Crippen LogP contribution >= 0.6 is 22.6 Å². The topological polar surface area (TPSA) is 21.7 Å². The molecule has 3 nitrogen and oxygen atoms in total. The van der Waals surface area contributed by atoms with E-state index in [1.807, 2.05) is 30.3 Å². The van der Waals surface area contributed by atoms with Crippen molar-refractivity contribution in [2.75, 3.05) is 4.67 Å². The predicted octanol–water partition coefficient (Wildman–Crippen LogP) is 8.60. The largest absolute Gasteiger partial charge is 0.420 e. The van der Waals surface area contributed by atoms with Crippen LogP contribution in [0.1, 0.15) is 31.9 Å². The molecular formula is C27H25BrNO2PS. The van der Waals surface area contributed by atoms with Gasteiger partial charge < -0.3 is 9.05 Å². The Morgan fingerprint density at radius 1 is 0.909 bits per heavy atom. The maximum absolute atomic E-state index is 6.54. The number of hydrogen-bond donors (Lipinski definition) is 0. The molecule has 0 aromatic heterocycles. The summed E-state index contributed by atoms with van der Waals surface area (Å²) in [5.41, 5.74) is 3.43. The first-order valence-electron chi connectivity index (χ1n) is 10.9. The Balaban J connectivity index is 1.58. The van der Waals surface area contributed by atoms with E-state index in [9.17, 15) is 0 Å². The molecule has 0 amide bonds. The van der Waals surface area contributed by atoms with E-state index in [2.05, 4.69) is 96.0 Å². The van der Waals surface area contributed by atoms with Crippen LogP contribution in [0.25, 0.3) is 10.8 Å². The van der Waals surface area contributed by atoms with Crippen molar-refractivity contribution < 1.29 is 9.05 Å². The highest BCUT2D eigenvalue weighted by Gasteiger charge is 2.38. The van der Waals surface area contributed by atoms with E-state index in [-0.39, 0.29) is 5.41 Å². The minimum atomic E-state index is -2.90. The zero-order chi connectivity index (χ0) is 23.2. The van der Waals surface area contributed by atoms with Crippen molar-refractivity contribution in [1.82, 2.24) is 0 Å². The summed E-state index contributed by atoms with van der Waals surface area (Å²) in [5, 5.41) is 2.36. The molecule has 0 spiro atoms. The van der Waals surface area contributed by atoms with Crippen LogP contribution in [-0.2, 0) is 23.8 Å². The predicted molar refractivity (Wildman–Crippen MR) is 145 cm³/mol. The van der Waals surface area contributed by atoms with Crippen LogP contribution < -0.4 is 13.7 Å². The van der Waals surface area contributed by atoms with Crippen LogP contribution in [0, 0.1) is 0 Å². The zero-order valence-corrected chi connectivity index (χ0v) is 22.1. The van der Waals surface area contributed by atoms with Gasteiger partial charge in [0, 0.05) is 27.5 Å². The Kier molecular flexibility index (Phi) is 5.76. The summed E-state index contributed by atoms with van der Waals surface area (Å²) in [7, 11) is 0. The van der Waals surface area contributed by atoms with Gasteiger partial charge in [-0.1, -0.05) is 79.2 Å². The van der Waals surface area contributed by atoms with Gasteiger partial charge >= 0.3 is 6.64 Å². The van der Waals surface area contributed by atoms with E-state index in [1.165, 1.54) is 16.3 Å². The molecule has 0 bridgehead atoms. The Labute approximate surface area is 208 Å². The smallest absolute Gasteiger partial charge is 0.395 e. The first kappa shape index (κ1) is 22.5. The zero-order valence-electron chi connectivity index (χ0n) is 18.8. The monoisotopic (exact) mass is 537 g/mol. The molecule has 1 heterocycles. The molecule has 0 radical (unpaired) electrons. The normalized spacial score (nSPS) is 18.0. The third-order valence-corrected chi connectivity index (χ3v) is 9.28. The molecule has 1 unspecified atom stereocenters. The van der Waals surface area contributed by atoms with Gasteiger partial charge in [-0.2, -0.15) is 0 Å². The molecule has 4 aromatic carbocycles. The minimum absolute atomic E-state index is 0.0735. The number of nitrogens with zero attached hydrogens (tertiary/aromatic N) is 1. The lowest BCUT2D eigenvalue weighted by molar-refractivity contribution is 0.465. The lowest BCUT2D eigenvalue weighted by Crippen LogP contribution is -2.29. The number of hydrogen-bond acceptors (Lipinski definition) is 3. The molecule has 0 fully saturated rings. The van der Waals surface area contributed by atoms with E-state index >= 15 is 0 Å². The highest BCUT2D eigenvalue weighted by Crippen LogP contribution is 2.59. The number of fused-ring (bicyclic) bond motifs is 3. The molecule has 1 aliphatic rings. The quantitative estimate of drug-likeness (QED) is 0.244. The van der Waals surface area contributed by atoms with Crippen molar-refractivity contribution >= 4 is 50.8 Å². The Morgan fingerprint density at radius 3 is 2.30 bits per heavy atom. The summed E-state index contributed by atoms with van der Waals surface area (Å²) < 4.78 is 16.2. The van der Waals surface area contributed by atoms with Crippen molar-refractivity contribution in [3.8, 4) is 11.5 Å². The lowest BCUT2D eigenvalue weighted by Gasteiger charge is -2.39. The molecule has 168 valence electrons. The van der Waals surface area contributed by atoms with E-state index in [1.54, 1.807) is 0 Å². The molecule has 0 N–H and O–H groups in total. The fraction of sp³-hybridized carbons (Fsp3) is 0.185. The highest BCUT2D eigenvalue weighted by molar-refractivity contribution is 9.10. The summed E-state index contributed by atoms with van der Waals surface area (Å²) in [5.74, 6) is 1.52. The number of rotatable bonds is 3. The number of halogens is 1. The molecule has 4 aromatic rings. The summed E-state index contributed by atoms with van der Waals surface area (Å²) in [4.78, 5) is 0. The fourth-order valence-corrected chi connectivity index (χ4v) is 7.03. The van der Waals surface area contributed by atoms with Crippen LogP contribution in [0.5, 0.6) is 11.5 Å². The highest BCUT2D eigenvalue weighted by atomic mass is 79.9. The molecular weight excluding hydrogens is 513 g/mol. The van der Waals surface area contributed by atoms with Crippen molar-refractivity contribution in [2.24, 2.45) is 0 Å². The van der Waals surface area contributed by atoms with Gasteiger partial charge in [-0.15, -0.1) is 0 Å². The maximum Gasteiger partial charge on any atom is 0.395 e. The molecule has 1 aliphatic heterocycles. The van der Waals surface area contributed by atoms with Crippen molar-refractivity contribution in [3.05, 3.63) is 101 Å². The molecule has 0 saturated heterocycles. The Morgan fingerprint density at radius 2 is 1.61 bits per heavy atom. The number of benzene rings is 4. The third-order valence-electron chi connectivity index (χ3n) is 5.88. The van der Waals surface area contributed by atoms with Crippen LogP contribution in [0.2, 0.25) is 0 Å². The van der Waals surface area contributed by atoms with Gasteiger partial charge in [-0.3, -0.25) is 4.67 Å². The van der Waals surface area contributed by atoms with Gasteiger partial charge in [-0.05, 0) is 64.2 Å². The summed E-state index contributed by atoms with van der Waals surface area (Å²) >= 11 is 9.69. The summed E-state index contributed by atoms with van der Waals surface area (Å²) in [6.07, 6.45) is 0. The molecule has 0 aliphatic carbocycles. The minimum Gasteiger partial charge on any atom is -0.420 e. The van der Waals surface area contributed by atoms with Crippen molar-refractivity contribution in [3.63, 3.8) is 0 Å². The van der Waals surface area contributed by atoms with Crippen LogP contribution in [0.3, 0.4) is 0 Å². The standard InChI is InChI=1S/C27H25BrNO2PS/c1-27(2,3)20-9-15-23(16-10-20)30-32(33)29(22-13-11-21(28)12-14-22)18-25-24-7-5-4-6-19(24)8-17-26(25)31-32/h4-17H,18H2,1-3H3. The van der Waals surface area contributed by atoms with Gasteiger partial charge in [-0.25, -0.2) is 0 Å². The molecule has 33 heavy (non-hydrogen) atoms. The first-order valence-corrected chi connectivity index (χ1v) is 14.3. The van der Waals surface area contributed by atoms with Gasteiger partial charge in [0.1, 0.15) is 11.5 Å². The van der Waals surface area contributed by atoms with Gasteiger partial charge in [0.05, 0.1) is 6.54 Å². The van der Waals surface area contributed by atoms with E-state index in [0.717, 1.165) is 27.2 Å². The Hall–Kier alpha value is -2.33. The van der Waals surface area contributed by atoms with Crippen LogP contribution in [0.15, 0.2) is 89.4 Å². The summed E-state index contributed by atoms with van der Waals surface area (Å²) in [6, 6.07) is 28.8. The molecule has 1 atom stereocenters. The van der Waals surface area contributed by atoms with Gasteiger partial charge in [0.15, 0.2) is 0 Å². The molecule has 6 heteroatoms. The Bertz CT molecular complexity index is 1360. The lowest BCUT2D eigenvalue weighted by atomic mass is 9.87. The summed E-state index contributed by atoms with van der Waals surface area (Å²) in [6.45, 7) is 4.32. The van der Waals surface area contributed by atoms with Gasteiger partial charge in [0.25, 0.3) is 0 Å². The maximum atomic E-state index is 6.54. The van der Waals surface area contributed by atoms with Crippen molar-refractivity contribution in [2.45, 2.75) is 32.7 Å². The SMILES string of the molecule is CC(C)(C)c1ccc(OP2(=S)Oc3ccc4ccccc4c3CN2c2ccc(Br)cc2)cc1. The van der Waals surface area contributed by atoms with E-state index in [4.69, 9.17) is 20.9 Å². The average Bonchev–Trinajstić information content (AvgIpc) is 2.79. The van der Waals surface area contributed by atoms with Crippen molar-refractivity contribution in [1.29, 1.82) is 0 Å². The first-order chi connectivity index (χ1) is 15.7. The fourth-order valence-electron chi connectivity index (χ4n) is 4.04. The third kappa shape index (κ3) is 4.42. The van der Waals surface area contributed by atoms with E-state index < -0.39 is 6.64 Å². The van der Waals surface area contributed by atoms with Crippen LogP contribution in [0.4, 0.5) is 5.69 Å².